The quantitative estimate of drug-likeness (QED) is 0.304. The summed E-state index contributed by atoms with van der Waals surface area (Å²) in [4.78, 5) is 37.4. The highest BCUT2D eigenvalue weighted by molar-refractivity contribution is 9.10. The lowest BCUT2D eigenvalue weighted by molar-refractivity contribution is -0.677. The molecule has 0 spiro atoms. The van der Waals surface area contributed by atoms with Crippen LogP contribution in [-0.4, -0.2) is 37.7 Å². The first kappa shape index (κ1) is 27.9. The number of quaternary nitrogens is 1. The van der Waals surface area contributed by atoms with Crippen molar-refractivity contribution in [2.75, 3.05) is 19.0 Å². The van der Waals surface area contributed by atoms with Gasteiger partial charge in [0.15, 0.2) is 6.54 Å². The molecule has 0 saturated carbocycles. The third-order valence-electron chi connectivity index (χ3n) is 5.74. The second kappa shape index (κ2) is 14.2. The molecule has 0 heterocycles. The Morgan fingerprint density at radius 1 is 0.973 bits per heavy atom. The number of halogens is 1. The lowest BCUT2D eigenvalue weighted by Crippen LogP contribution is -2.87. The molecule has 0 unspecified atom stereocenters. The molecule has 3 rings (SSSR count). The van der Waals surface area contributed by atoms with Gasteiger partial charge in [-0.15, -0.1) is 0 Å². The number of hydrogen-bond donors (Lipinski definition) is 3. The molecule has 8 nitrogen and oxygen atoms in total. The number of rotatable bonds is 11. The smallest absolute Gasteiger partial charge is 0.408 e. The lowest BCUT2D eigenvalue weighted by atomic mass is 9.96. The Balaban J connectivity index is 1.77. The molecular weight excluding hydrogens is 538 g/mol. The molecular formula is C28H31BrN3O5+. The molecule has 2 amide bonds. The van der Waals surface area contributed by atoms with Gasteiger partial charge >= 0.3 is 12.1 Å². The van der Waals surface area contributed by atoms with Gasteiger partial charge in [-0.05, 0) is 30.2 Å². The van der Waals surface area contributed by atoms with E-state index in [0.717, 1.165) is 21.2 Å². The van der Waals surface area contributed by atoms with Crippen LogP contribution in [0.4, 0.5) is 10.5 Å². The molecule has 0 aliphatic rings. The summed E-state index contributed by atoms with van der Waals surface area (Å²) in [6, 6.07) is 23.4. The molecule has 3 aromatic rings. The van der Waals surface area contributed by atoms with E-state index in [0.29, 0.717) is 12.1 Å². The van der Waals surface area contributed by atoms with Crippen molar-refractivity contribution in [3.63, 3.8) is 0 Å². The van der Waals surface area contributed by atoms with E-state index >= 15 is 0 Å². The van der Waals surface area contributed by atoms with Gasteiger partial charge in [0, 0.05) is 15.6 Å². The van der Waals surface area contributed by atoms with Crippen molar-refractivity contribution in [1.82, 2.24) is 5.32 Å². The van der Waals surface area contributed by atoms with Gasteiger partial charge < -0.3 is 25.4 Å². The van der Waals surface area contributed by atoms with Crippen molar-refractivity contribution in [2.45, 2.75) is 32.0 Å². The second-order valence-corrected chi connectivity index (χ2v) is 9.21. The maximum Gasteiger partial charge on any atom is 0.408 e. The van der Waals surface area contributed by atoms with Gasteiger partial charge in [0.05, 0.1) is 12.8 Å². The van der Waals surface area contributed by atoms with Crippen molar-refractivity contribution < 1.29 is 29.2 Å². The SMILES string of the molecule is CC[C@H](NC(=O)OCc1ccccc1)C(=O)Nc1ccc(Br)cc1[C@@H]([NH2+]CC(=O)OC)c1ccccc1. The average Bonchev–Trinajstić information content (AvgIpc) is 2.92. The molecule has 2 atom stereocenters. The fourth-order valence-corrected chi connectivity index (χ4v) is 4.16. The molecule has 37 heavy (non-hydrogen) atoms. The van der Waals surface area contributed by atoms with Crippen LogP contribution in [0.3, 0.4) is 0 Å². The van der Waals surface area contributed by atoms with E-state index in [9.17, 15) is 14.4 Å². The highest BCUT2D eigenvalue weighted by Crippen LogP contribution is 2.29. The number of carbonyl (C=O) groups excluding carboxylic acids is 3. The number of ether oxygens (including phenoxy) is 2. The fourth-order valence-electron chi connectivity index (χ4n) is 3.79. The van der Waals surface area contributed by atoms with Crippen LogP contribution in [0.5, 0.6) is 0 Å². The van der Waals surface area contributed by atoms with Crippen LogP contribution < -0.4 is 16.0 Å². The van der Waals surface area contributed by atoms with Gasteiger partial charge in [-0.2, -0.15) is 0 Å². The lowest BCUT2D eigenvalue weighted by Gasteiger charge is -2.22. The monoisotopic (exact) mass is 568 g/mol. The number of benzene rings is 3. The number of esters is 1. The number of nitrogens with one attached hydrogen (secondary N) is 2. The van der Waals surface area contributed by atoms with Gasteiger partial charge in [0.2, 0.25) is 5.91 Å². The third kappa shape index (κ3) is 8.44. The van der Waals surface area contributed by atoms with Crippen molar-refractivity contribution in [1.29, 1.82) is 0 Å². The first-order valence-electron chi connectivity index (χ1n) is 11.9. The summed E-state index contributed by atoms with van der Waals surface area (Å²) in [5.41, 5.74) is 3.17. The van der Waals surface area contributed by atoms with Crippen molar-refractivity contribution in [3.05, 3.63) is 100 Å². The van der Waals surface area contributed by atoms with Crippen LogP contribution in [0.25, 0.3) is 0 Å². The van der Waals surface area contributed by atoms with Gasteiger partial charge in [-0.25, -0.2) is 9.59 Å². The van der Waals surface area contributed by atoms with Gasteiger partial charge in [0.1, 0.15) is 18.7 Å². The Morgan fingerprint density at radius 3 is 2.30 bits per heavy atom. The van der Waals surface area contributed by atoms with E-state index in [-0.39, 0.29) is 31.1 Å². The zero-order valence-corrected chi connectivity index (χ0v) is 22.4. The van der Waals surface area contributed by atoms with Gasteiger partial charge in [0.25, 0.3) is 0 Å². The number of amides is 2. The predicted molar refractivity (Wildman–Crippen MR) is 144 cm³/mol. The highest BCUT2D eigenvalue weighted by Gasteiger charge is 2.26. The maximum atomic E-state index is 13.2. The Hall–Kier alpha value is -3.69. The maximum absolute atomic E-state index is 13.2. The average molecular weight is 569 g/mol. The van der Waals surface area contributed by atoms with Gasteiger partial charge in [-0.1, -0.05) is 83.5 Å². The summed E-state index contributed by atoms with van der Waals surface area (Å²) in [6.07, 6.45) is -0.301. The summed E-state index contributed by atoms with van der Waals surface area (Å²) < 4.78 is 10.9. The predicted octanol–water partition coefficient (Wildman–Crippen LogP) is 3.92. The minimum absolute atomic E-state index is 0.0996. The molecule has 0 fully saturated rings. The zero-order chi connectivity index (χ0) is 26.6. The van der Waals surface area contributed by atoms with E-state index in [2.05, 4.69) is 26.6 Å². The Kier molecular flexibility index (Phi) is 10.7. The molecule has 194 valence electrons. The molecule has 0 aliphatic heterocycles. The Labute approximate surface area is 224 Å². The molecule has 9 heteroatoms. The molecule has 3 aromatic carbocycles. The molecule has 0 bridgehead atoms. The zero-order valence-electron chi connectivity index (χ0n) is 20.8. The molecule has 0 aromatic heterocycles. The van der Waals surface area contributed by atoms with Crippen molar-refractivity contribution in [3.8, 4) is 0 Å². The van der Waals surface area contributed by atoms with Crippen LogP contribution >= 0.6 is 15.9 Å². The van der Waals surface area contributed by atoms with E-state index in [1.807, 2.05) is 78.1 Å². The fraction of sp³-hybridized carbons (Fsp3) is 0.250. The van der Waals surface area contributed by atoms with E-state index in [1.54, 1.807) is 13.0 Å². The molecule has 0 radical (unpaired) electrons. The largest absolute Gasteiger partial charge is 0.465 e. The van der Waals surface area contributed by atoms with Crippen LogP contribution in [0, 0.1) is 0 Å². The summed E-state index contributed by atoms with van der Waals surface area (Å²) in [5, 5.41) is 7.45. The van der Waals surface area contributed by atoms with Crippen molar-refractivity contribution in [2.24, 2.45) is 0 Å². The summed E-state index contributed by atoms with van der Waals surface area (Å²) >= 11 is 3.52. The summed E-state index contributed by atoms with van der Waals surface area (Å²) in [5.74, 6) is -0.728. The number of anilines is 1. The van der Waals surface area contributed by atoms with E-state index < -0.39 is 12.1 Å². The van der Waals surface area contributed by atoms with Crippen LogP contribution in [0.15, 0.2) is 83.3 Å². The molecule has 0 saturated heterocycles. The number of carbonyl (C=O) groups is 3. The first-order chi connectivity index (χ1) is 17.9. The van der Waals surface area contributed by atoms with Crippen LogP contribution in [0.2, 0.25) is 0 Å². The first-order valence-corrected chi connectivity index (χ1v) is 12.7. The van der Waals surface area contributed by atoms with Crippen LogP contribution in [-0.2, 0) is 25.7 Å². The van der Waals surface area contributed by atoms with Crippen LogP contribution in [0.1, 0.15) is 36.1 Å². The minimum atomic E-state index is -0.797. The third-order valence-corrected chi connectivity index (χ3v) is 6.24. The summed E-state index contributed by atoms with van der Waals surface area (Å²) in [6.45, 7) is 2.01. The molecule has 0 aliphatic carbocycles. The topological polar surface area (TPSA) is 110 Å². The van der Waals surface area contributed by atoms with Crippen molar-refractivity contribution >= 4 is 39.6 Å². The number of hydrogen-bond acceptors (Lipinski definition) is 5. The highest BCUT2D eigenvalue weighted by atomic mass is 79.9. The van der Waals surface area contributed by atoms with E-state index in [1.165, 1.54) is 7.11 Å². The molecule has 4 N–H and O–H groups in total. The normalized spacial score (nSPS) is 12.2. The number of alkyl carbamates (subject to hydrolysis) is 1. The number of methoxy groups -OCH3 is 1. The standard InChI is InChI=1S/C28H30BrN3O5/c1-3-23(32-28(35)37-18-19-10-6-4-7-11-19)27(34)31-24-15-14-21(29)16-22(24)26(30-17-25(33)36-2)20-12-8-5-9-13-20/h4-16,23,26,30H,3,17-18H2,1-2H3,(H,31,34)(H,32,35)/p+1/t23-,26-/m0/s1. The Bertz CT molecular complexity index is 1190. The Morgan fingerprint density at radius 2 is 1.65 bits per heavy atom. The van der Waals surface area contributed by atoms with E-state index in [4.69, 9.17) is 9.47 Å². The second-order valence-electron chi connectivity index (χ2n) is 8.29. The minimum Gasteiger partial charge on any atom is -0.465 e. The summed E-state index contributed by atoms with van der Waals surface area (Å²) in [7, 11) is 1.35. The number of nitrogens with two attached hydrogens (primary N) is 1. The van der Waals surface area contributed by atoms with Gasteiger partial charge in [-0.3, -0.25) is 4.79 Å².